The van der Waals surface area contributed by atoms with Gasteiger partial charge in [0.15, 0.2) is 5.75 Å². The molecule has 1 aromatic rings. The minimum Gasteiger partial charge on any atom is -0.503 e. The Balaban J connectivity index is 3.43. The van der Waals surface area contributed by atoms with Crippen LogP contribution in [0, 0.1) is 0 Å². The molecule has 1 rings (SSSR count). The van der Waals surface area contributed by atoms with Gasteiger partial charge < -0.3 is 9.58 Å². The topological polar surface area (TPSA) is 42.2 Å². The third-order valence-corrected chi connectivity index (χ3v) is 0.954. The Hall–Kier alpha value is -1.19. The minimum atomic E-state index is -0.586. The summed E-state index contributed by atoms with van der Waals surface area (Å²) < 4.78 is 0.815. The summed E-state index contributed by atoms with van der Waals surface area (Å²) in [4.78, 5) is 10.6. The van der Waals surface area contributed by atoms with Gasteiger partial charge in [-0.1, -0.05) is 0 Å². The fraction of sp³-hybridized carbons (Fsp3) is 0. The molecule has 1 aromatic heterocycles. The highest BCUT2D eigenvalue weighted by molar-refractivity contribution is 6.06. The van der Waals surface area contributed by atoms with E-state index in [1.165, 1.54) is 18.3 Å². The Morgan fingerprint density at radius 3 is 2.78 bits per heavy atom. The van der Waals surface area contributed by atoms with Crippen molar-refractivity contribution >= 4 is 7.98 Å². The Morgan fingerprint density at radius 1 is 1.67 bits per heavy atom. The van der Waals surface area contributed by atoms with E-state index in [1.54, 1.807) is 0 Å². The molecule has 0 spiro atoms. The number of rotatable bonds is 0. The molecule has 0 aliphatic heterocycles. The van der Waals surface area contributed by atoms with Gasteiger partial charge in [0.2, 0.25) is 7.98 Å². The van der Waals surface area contributed by atoms with Crippen LogP contribution in [0.15, 0.2) is 23.1 Å². The number of pyridine rings is 1. The summed E-state index contributed by atoms with van der Waals surface area (Å²) in [6, 6.07) is 2.77. The average Bonchev–Trinajstić information content (AvgIpc) is 1.83. The third kappa shape index (κ3) is 0.962. The van der Waals surface area contributed by atoms with Gasteiger partial charge in [-0.25, -0.2) is 0 Å². The van der Waals surface area contributed by atoms with E-state index >= 15 is 0 Å². The lowest BCUT2D eigenvalue weighted by molar-refractivity contribution is 0.465. The zero-order valence-corrected chi connectivity index (χ0v) is 4.61. The number of aromatic nitrogens is 1. The summed E-state index contributed by atoms with van der Waals surface area (Å²) in [6.45, 7) is 0. The molecule has 0 atom stereocenters. The zero-order valence-electron chi connectivity index (χ0n) is 4.61. The van der Waals surface area contributed by atoms with Crippen molar-refractivity contribution in [1.82, 2.24) is 4.48 Å². The van der Waals surface area contributed by atoms with E-state index in [4.69, 9.17) is 13.1 Å². The molecule has 0 saturated heterocycles. The van der Waals surface area contributed by atoms with Crippen LogP contribution in [-0.4, -0.2) is 17.6 Å². The standard InChI is InChI=1S/C5H4BNO2/c6-7-3-1-2-4(8)5(7)9/h1-3,8H. The molecule has 0 aliphatic carbocycles. The lowest BCUT2D eigenvalue weighted by Crippen LogP contribution is -2.15. The maximum atomic E-state index is 10.6. The number of aromatic hydroxyl groups is 1. The molecular formula is C5H4BNO2. The number of hydrogen-bond donors (Lipinski definition) is 1. The molecule has 0 amide bonds. The van der Waals surface area contributed by atoms with E-state index in [0.717, 1.165) is 4.48 Å². The third-order valence-electron chi connectivity index (χ3n) is 0.954. The van der Waals surface area contributed by atoms with Gasteiger partial charge in [-0.05, 0) is 18.3 Å². The highest BCUT2D eigenvalue weighted by Crippen LogP contribution is 1.94. The molecule has 0 bridgehead atoms. The maximum Gasteiger partial charge on any atom is 0.279 e. The number of nitrogens with zero attached hydrogens (tertiary/aromatic N) is 1. The Bertz CT molecular complexity index is 245. The first kappa shape index (κ1) is 5.94. The first-order chi connectivity index (χ1) is 4.22. The van der Waals surface area contributed by atoms with E-state index in [9.17, 15) is 4.79 Å². The zero-order chi connectivity index (χ0) is 6.85. The molecule has 0 aliphatic rings. The van der Waals surface area contributed by atoms with Gasteiger partial charge in [0, 0.05) is 0 Å². The van der Waals surface area contributed by atoms with Crippen molar-refractivity contribution in [2.75, 3.05) is 0 Å². The molecule has 2 radical (unpaired) electrons. The van der Waals surface area contributed by atoms with Gasteiger partial charge in [0.25, 0.3) is 5.56 Å². The van der Waals surface area contributed by atoms with Crippen LogP contribution >= 0.6 is 0 Å². The van der Waals surface area contributed by atoms with Crippen LogP contribution < -0.4 is 5.56 Å². The smallest absolute Gasteiger partial charge is 0.279 e. The van der Waals surface area contributed by atoms with Crippen LogP contribution in [0.4, 0.5) is 0 Å². The van der Waals surface area contributed by atoms with Crippen LogP contribution in [0.3, 0.4) is 0 Å². The average molecular weight is 121 g/mol. The second kappa shape index (κ2) is 1.97. The predicted octanol–water partition coefficient (Wildman–Crippen LogP) is -0.515. The SMILES string of the molecule is [B]n1cccc(O)c1=O. The van der Waals surface area contributed by atoms with Crippen LogP contribution in [0.5, 0.6) is 5.75 Å². The van der Waals surface area contributed by atoms with Crippen molar-refractivity contribution in [3.63, 3.8) is 0 Å². The first-order valence-corrected chi connectivity index (χ1v) is 2.37. The fourth-order valence-corrected chi connectivity index (χ4v) is 0.498. The van der Waals surface area contributed by atoms with Gasteiger partial charge in [0.1, 0.15) is 0 Å². The lowest BCUT2D eigenvalue weighted by Gasteiger charge is -1.94. The molecule has 4 heteroatoms. The van der Waals surface area contributed by atoms with Crippen LogP contribution in [-0.2, 0) is 0 Å². The second-order valence-corrected chi connectivity index (χ2v) is 1.61. The summed E-state index contributed by atoms with van der Waals surface area (Å²) in [5, 5.41) is 8.69. The molecular weight excluding hydrogens is 117 g/mol. The van der Waals surface area contributed by atoms with Crippen molar-refractivity contribution in [3.05, 3.63) is 28.7 Å². The quantitative estimate of drug-likeness (QED) is 0.469. The van der Waals surface area contributed by atoms with E-state index in [2.05, 4.69) is 0 Å². The second-order valence-electron chi connectivity index (χ2n) is 1.61. The van der Waals surface area contributed by atoms with Crippen LogP contribution in [0.1, 0.15) is 0 Å². The highest BCUT2D eigenvalue weighted by Gasteiger charge is 1.92. The van der Waals surface area contributed by atoms with E-state index in [-0.39, 0.29) is 5.75 Å². The number of hydrogen-bond acceptors (Lipinski definition) is 2. The summed E-state index contributed by atoms with van der Waals surface area (Å²) in [5.41, 5.74) is -0.586. The summed E-state index contributed by atoms with van der Waals surface area (Å²) in [6.07, 6.45) is 1.36. The lowest BCUT2D eigenvalue weighted by atomic mass is 10.3. The van der Waals surface area contributed by atoms with Crippen molar-refractivity contribution in [3.8, 4) is 5.75 Å². The largest absolute Gasteiger partial charge is 0.503 e. The molecule has 9 heavy (non-hydrogen) atoms. The molecule has 0 saturated carbocycles. The summed E-state index contributed by atoms with van der Waals surface area (Å²) in [5.74, 6) is -0.333. The molecule has 0 aromatic carbocycles. The van der Waals surface area contributed by atoms with Gasteiger partial charge in [0.05, 0.1) is 0 Å². The summed E-state index contributed by atoms with van der Waals surface area (Å²) in [7, 11) is 5.06. The van der Waals surface area contributed by atoms with Crippen molar-refractivity contribution in [2.45, 2.75) is 0 Å². The molecule has 0 unspecified atom stereocenters. The van der Waals surface area contributed by atoms with Crippen molar-refractivity contribution < 1.29 is 5.11 Å². The minimum absolute atomic E-state index is 0.333. The van der Waals surface area contributed by atoms with Gasteiger partial charge in [-0.15, -0.1) is 0 Å². The molecule has 1 N–H and O–H groups in total. The maximum absolute atomic E-state index is 10.6. The highest BCUT2D eigenvalue weighted by atomic mass is 16.3. The normalized spacial score (nSPS) is 9.33. The van der Waals surface area contributed by atoms with Crippen molar-refractivity contribution in [2.24, 2.45) is 0 Å². The molecule has 1 heterocycles. The van der Waals surface area contributed by atoms with Gasteiger partial charge in [-0.2, -0.15) is 0 Å². The van der Waals surface area contributed by atoms with E-state index < -0.39 is 5.56 Å². The molecule has 3 nitrogen and oxygen atoms in total. The van der Waals surface area contributed by atoms with Crippen LogP contribution in [0.2, 0.25) is 0 Å². The van der Waals surface area contributed by atoms with Crippen molar-refractivity contribution in [1.29, 1.82) is 0 Å². The monoisotopic (exact) mass is 121 g/mol. The van der Waals surface area contributed by atoms with Gasteiger partial charge in [-0.3, -0.25) is 4.79 Å². The Labute approximate surface area is 53.0 Å². The van der Waals surface area contributed by atoms with Crippen LogP contribution in [0.25, 0.3) is 0 Å². The molecule has 0 fully saturated rings. The van der Waals surface area contributed by atoms with E-state index in [0.29, 0.717) is 0 Å². The van der Waals surface area contributed by atoms with Gasteiger partial charge >= 0.3 is 0 Å². The fourth-order valence-electron chi connectivity index (χ4n) is 0.498. The van der Waals surface area contributed by atoms with E-state index in [1.807, 2.05) is 0 Å². The Morgan fingerprint density at radius 2 is 2.33 bits per heavy atom. The Kier molecular flexibility index (Phi) is 1.30. The summed E-state index contributed by atoms with van der Waals surface area (Å²) >= 11 is 0. The first-order valence-electron chi connectivity index (χ1n) is 2.37. The molecule has 44 valence electrons. The predicted molar refractivity (Wildman–Crippen MR) is 33.5 cm³/mol.